The lowest BCUT2D eigenvalue weighted by Gasteiger charge is -2.27. The Morgan fingerprint density at radius 3 is 2.20 bits per heavy atom. The molecule has 0 atom stereocenters. The van der Waals surface area contributed by atoms with E-state index < -0.39 is 0 Å². The van der Waals surface area contributed by atoms with E-state index in [1.54, 1.807) is 7.05 Å². The van der Waals surface area contributed by atoms with Crippen LogP contribution in [-0.2, 0) is 0 Å². The molecule has 2 heteroatoms. The first-order valence-electron chi connectivity index (χ1n) is 4.08. The summed E-state index contributed by atoms with van der Waals surface area (Å²) in [6.45, 7) is 2.21. The first-order valence-corrected chi connectivity index (χ1v) is 4.08. The molecule has 0 spiro atoms. The molecule has 0 aromatic rings. The summed E-state index contributed by atoms with van der Waals surface area (Å²) in [5, 5.41) is 8.10. The molecule has 0 amide bonds. The van der Waals surface area contributed by atoms with Crippen LogP contribution in [0.25, 0.3) is 0 Å². The Kier molecular flexibility index (Phi) is 2.41. The molecule has 0 heterocycles. The summed E-state index contributed by atoms with van der Waals surface area (Å²) < 4.78 is 0. The lowest BCUT2D eigenvalue weighted by atomic mass is 9.84. The van der Waals surface area contributed by atoms with E-state index in [-0.39, 0.29) is 5.54 Å². The topological polar surface area (TPSA) is 24.7 Å². The highest BCUT2D eigenvalue weighted by molar-refractivity contribution is 4.84. The molecular formula is C8H16N2. The van der Waals surface area contributed by atoms with Gasteiger partial charge in [-0.3, -0.25) is 0 Å². The van der Waals surface area contributed by atoms with Gasteiger partial charge in [0.25, 0.3) is 0 Å². The van der Waals surface area contributed by atoms with Crippen LogP contribution in [0, 0.1) is 0 Å². The van der Waals surface area contributed by atoms with Gasteiger partial charge in [-0.15, -0.1) is 0 Å². The zero-order chi connectivity index (χ0) is 7.45. The van der Waals surface area contributed by atoms with Crippen molar-refractivity contribution >= 4 is 0 Å². The molecule has 58 valence electrons. The third-order valence-electron chi connectivity index (χ3n) is 2.27. The molecular weight excluding hydrogens is 124 g/mol. The van der Waals surface area contributed by atoms with Gasteiger partial charge in [0, 0.05) is 7.05 Å². The fourth-order valence-electron chi connectivity index (χ4n) is 1.65. The van der Waals surface area contributed by atoms with Crippen molar-refractivity contribution in [1.82, 2.24) is 0 Å². The fraction of sp³-hybridized carbons (Fsp3) is 1.00. The van der Waals surface area contributed by atoms with Gasteiger partial charge in [-0.05, 0) is 19.8 Å². The first-order chi connectivity index (χ1) is 4.77. The quantitative estimate of drug-likeness (QED) is 0.500. The summed E-state index contributed by atoms with van der Waals surface area (Å²) in [6.07, 6.45) is 6.49. The van der Waals surface area contributed by atoms with E-state index in [9.17, 15) is 0 Å². The van der Waals surface area contributed by atoms with Crippen LogP contribution < -0.4 is 0 Å². The summed E-state index contributed by atoms with van der Waals surface area (Å²) in [6, 6.07) is 0. The van der Waals surface area contributed by atoms with Crippen LogP contribution in [0.5, 0.6) is 0 Å². The van der Waals surface area contributed by atoms with Gasteiger partial charge in [0.2, 0.25) is 0 Å². The minimum Gasteiger partial charge on any atom is -0.197 e. The SMILES string of the molecule is CN=NC1(C)CCCCC1. The Labute approximate surface area is 62.7 Å². The lowest BCUT2D eigenvalue weighted by molar-refractivity contribution is 0.312. The van der Waals surface area contributed by atoms with E-state index in [1.807, 2.05) is 0 Å². The molecule has 1 aliphatic carbocycles. The summed E-state index contributed by atoms with van der Waals surface area (Å²) >= 11 is 0. The van der Waals surface area contributed by atoms with Crippen LogP contribution in [0.2, 0.25) is 0 Å². The van der Waals surface area contributed by atoms with Crippen LogP contribution in [0.15, 0.2) is 10.2 Å². The van der Waals surface area contributed by atoms with E-state index in [0.29, 0.717) is 0 Å². The van der Waals surface area contributed by atoms with E-state index in [2.05, 4.69) is 17.2 Å². The van der Waals surface area contributed by atoms with E-state index >= 15 is 0 Å². The predicted molar refractivity (Wildman–Crippen MR) is 42.3 cm³/mol. The maximum absolute atomic E-state index is 4.24. The molecule has 1 aliphatic rings. The van der Waals surface area contributed by atoms with Crippen LogP contribution in [0.1, 0.15) is 39.0 Å². The van der Waals surface area contributed by atoms with Gasteiger partial charge in [0.1, 0.15) is 0 Å². The molecule has 1 fully saturated rings. The molecule has 2 nitrogen and oxygen atoms in total. The van der Waals surface area contributed by atoms with Crippen molar-refractivity contribution in [2.45, 2.75) is 44.6 Å². The van der Waals surface area contributed by atoms with Gasteiger partial charge in [-0.1, -0.05) is 19.3 Å². The van der Waals surface area contributed by atoms with Gasteiger partial charge < -0.3 is 0 Å². The van der Waals surface area contributed by atoms with Gasteiger partial charge in [-0.25, -0.2) is 0 Å². The van der Waals surface area contributed by atoms with Gasteiger partial charge >= 0.3 is 0 Å². The summed E-state index contributed by atoms with van der Waals surface area (Å²) in [7, 11) is 1.76. The number of hydrogen-bond acceptors (Lipinski definition) is 2. The average Bonchev–Trinajstić information content (AvgIpc) is 1.89. The first kappa shape index (κ1) is 7.70. The highest BCUT2D eigenvalue weighted by atomic mass is 15.1. The third-order valence-corrected chi connectivity index (χ3v) is 2.27. The van der Waals surface area contributed by atoms with Gasteiger partial charge in [0.05, 0.1) is 5.54 Å². The summed E-state index contributed by atoms with van der Waals surface area (Å²) in [4.78, 5) is 0. The van der Waals surface area contributed by atoms with Crippen molar-refractivity contribution in [2.24, 2.45) is 10.2 Å². The number of nitrogens with zero attached hydrogens (tertiary/aromatic N) is 2. The van der Waals surface area contributed by atoms with Crippen LogP contribution >= 0.6 is 0 Å². The highest BCUT2D eigenvalue weighted by Crippen LogP contribution is 2.30. The zero-order valence-electron chi connectivity index (χ0n) is 6.93. The fourth-order valence-corrected chi connectivity index (χ4v) is 1.65. The number of azo groups is 1. The molecule has 0 aromatic carbocycles. The Morgan fingerprint density at radius 2 is 1.70 bits per heavy atom. The van der Waals surface area contributed by atoms with Crippen molar-refractivity contribution in [2.75, 3.05) is 7.05 Å². The monoisotopic (exact) mass is 140 g/mol. The average molecular weight is 140 g/mol. The van der Waals surface area contributed by atoms with Crippen molar-refractivity contribution in [1.29, 1.82) is 0 Å². The normalized spacial score (nSPS) is 25.4. The van der Waals surface area contributed by atoms with Crippen molar-refractivity contribution in [3.63, 3.8) is 0 Å². The second kappa shape index (κ2) is 3.13. The Balaban J connectivity index is 2.48. The molecule has 1 saturated carbocycles. The molecule has 0 bridgehead atoms. The molecule has 0 unspecified atom stereocenters. The van der Waals surface area contributed by atoms with E-state index in [4.69, 9.17) is 0 Å². The van der Waals surface area contributed by atoms with Crippen LogP contribution in [0.4, 0.5) is 0 Å². The highest BCUT2D eigenvalue weighted by Gasteiger charge is 2.25. The van der Waals surface area contributed by atoms with Gasteiger partial charge in [-0.2, -0.15) is 10.2 Å². The largest absolute Gasteiger partial charge is 0.197 e. The molecule has 10 heavy (non-hydrogen) atoms. The Morgan fingerprint density at radius 1 is 1.10 bits per heavy atom. The van der Waals surface area contributed by atoms with Crippen molar-refractivity contribution in [3.8, 4) is 0 Å². The number of hydrogen-bond donors (Lipinski definition) is 0. The van der Waals surface area contributed by atoms with E-state index in [0.717, 1.165) is 0 Å². The molecule has 0 saturated heterocycles. The summed E-state index contributed by atoms with van der Waals surface area (Å²) in [5.74, 6) is 0. The second-order valence-corrected chi connectivity index (χ2v) is 3.36. The van der Waals surface area contributed by atoms with Crippen LogP contribution in [0.3, 0.4) is 0 Å². The Bertz CT molecular complexity index is 123. The van der Waals surface area contributed by atoms with E-state index in [1.165, 1.54) is 32.1 Å². The minimum absolute atomic E-state index is 0.188. The lowest BCUT2D eigenvalue weighted by Crippen LogP contribution is -2.24. The third kappa shape index (κ3) is 1.79. The predicted octanol–water partition coefficient (Wildman–Crippen LogP) is 2.79. The standard InChI is InChI=1S/C8H16N2/c1-8(10-9-2)6-4-3-5-7-8/h3-7H2,1-2H3. The number of rotatable bonds is 1. The second-order valence-electron chi connectivity index (χ2n) is 3.36. The minimum atomic E-state index is 0.188. The van der Waals surface area contributed by atoms with Gasteiger partial charge in [0.15, 0.2) is 0 Å². The molecule has 0 radical (unpaired) electrons. The molecule has 1 rings (SSSR count). The van der Waals surface area contributed by atoms with Crippen molar-refractivity contribution < 1.29 is 0 Å². The zero-order valence-corrected chi connectivity index (χ0v) is 6.93. The smallest absolute Gasteiger partial charge is 0.0787 e. The molecule has 0 N–H and O–H groups in total. The maximum atomic E-state index is 4.24. The Hall–Kier alpha value is -0.400. The maximum Gasteiger partial charge on any atom is 0.0787 e. The van der Waals surface area contributed by atoms with Crippen LogP contribution in [-0.4, -0.2) is 12.6 Å². The molecule has 0 aliphatic heterocycles. The van der Waals surface area contributed by atoms with Crippen molar-refractivity contribution in [3.05, 3.63) is 0 Å². The molecule has 0 aromatic heterocycles. The summed E-state index contributed by atoms with van der Waals surface area (Å²) in [5.41, 5.74) is 0.188.